The lowest BCUT2D eigenvalue weighted by atomic mass is 9.79. The van der Waals surface area contributed by atoms with Crippen molar-refractivity contribution in [2.45, 2.75) is 64.4 Å². The van der Waals surface area contributed by atoms with Gasteiger partial charge in [0, 0.05) is 42.4 Å². The second-order valence-electron chi connectivity index (χ2n) is 9.43. The van der Waals surface area contributed by atoms with E-state index >= 15 is 0 Å². The summed E-state index contributed by atoms with van der Waals surface area (Å²) in [6, 6.07) is 4.28. The molecule has 6 nitrogen and oxygen atoms in total. The van der Waals surface area contributed by atoms with E-state index < -0.39 is 6.10 Å². The van der Waals surface area contributed by atoms with Crippen LogP contribution in [0.4, 0.5) is 5.69 Å². The number of carbonyl (C=O) groups excluding carboxylic acids is 2. The van der Waals surface area contributed by atoms with E-state index in [0.29, 0.717) is 25.1 Å². The van der Waals surface area contributed by atoms with E-state index in [0.717, 1.165) is 37.1 Å². The zero-order chi connectivity index (χ0) is 23.8. The minimum Gasteiger partial charge on any atom is -0.489 e. The van der Waals surface area contributed by atoms with Gasteiger partial charge in [0.25, 0.3) is 0 Å². The standard InChI is InChI=1S/C27H34N2O4/c1-5-6-15-33-26-19(24(31)25(26)32)16-21-27(2,3)23-18-10-8-7-9-17(18)11-12-20(23)29(21)14-13-22(30)28-4/h9-12,16,24,31H,5-8,13-15H2,1-4H3,(H,28,30)/b21-16-. The summed E-state index contributed by atoms with van der Waals surface area (Å²) < 4.78 is 5.74. The van der Waals surface area contributed by atoms with Crippen molar-refractivity contribution >= 4 is 29.5 Å². The van der Waals surface area contributed by atoms with Gasteiger partial charge < -0.3 is 20.1 Å². The number of hydrogen-bond acceptors (Lipinski definition) is 5. The Balaban J connectivity index is 1.83. The van der Waals surface area contributed by atoms with Crippen molar-refractivity contribution in [2.75, 3.05) is 25.1 Å². The van der Waals surface area contributed by atoms with Gasteiger partial charge in [0.05, 0.1) is 6.61 Å². The average Bonchev–Trinajstić information content (AvgIpc) is 3.04. The Morgan fingerprint density at radius 2 is 2.06 bits per heavy atom. The van der Waals surface area contributed by atoms with Gasteiger partial charge in [-0.05, 0) is 47.4 Å². The summed E-state index contributed by atoms with van der Waals surface area (Å²) in [5.41, 5.74) is 3.43. The van der Waals surface area contributed by atoms with Crippen molar-refractivity contribution < 1.29 is 19.4 Å². The molecule has 2 N–H and O–H groups in total. The minimum atomic E-state index is -1.16. The third-order valence-electron chi connectivity index (χ3n) is 6.89. The molecule has 1 heterocycles. The van der Waals surface area contributed by atoms with Crippen LogP contribution in [0, 0.1) is 0 Å². The Hall–Kier alpha value is -2.86. The molecule has 0 radical (unpaired) electrons. The van der Waals surface area contributed by atoms with E-state index in [1.54, 1.807) is 7.05 Å². The molecule has 3 aliphatic rings. The first-order chi connectivity index (χ1) is 15.8. The third-order valence-corrected chi connectivity index (χ3v) is 6.89. The Labute approximate surface area is 195 Å². The molecule has 176 valence electrons. The zero-order valence-electron chi connectivity index (χ0n) is 20.0. The van der Waals surface area contributed by atoms with Gasteiger partial charge in [0.15, 0.2) is 5.76 Å². The molecule has 1 aliphatic heterocycles. The van der Waals surface area contributed by atoms with Crippen LogP contribution in [-0.4, -0.2) is 43.1 Å². The van der Waals surface area contributed by atoms with E-state index in [1.807, 2.05) is 6.08 Å². The van der Waals surface area contributed by atoms with Crippen LogP contribution in [0.5, 0.6) is 0 Å². The summed E-state index contributed by atoms with van der Waals surface area (Å²) in [6.07, 6.45) is 9.53. The number of aliphatic hydroxyl groups is 1. The van der Waals surface area contributed by atoms with Crippen LogP contribution in [0.3, 0.4) is 0 Å². The first-order valence-electron chi connectivity index (χ1n) is 11.9. The van der Waals surface area contributed by atoms with E-state index in [9.17, 15) is 14.7 Å². The van der Waals surface area contributed by atoms with Gasteiger partial charge in [-0.25, -0.2) is 0 Å². The number of ether oxygens (including phenoxy) is 1. The first-order valence-corrected chi connectivity index (χ1v) is 11.9. The second kappa shape index (κ2) is 9.18. The summed E-state index contributed by atoms with van der Waals surface area (Å²) in [4.78, 5) is 26.6. The summed E-state index contributed by atoms with van der Waals surface area (Å²) >= 11 is 0. The zero-order valence-corrected chi connectivity index (χ0v) is 20.0. The molecule has 1 atom stereocenters. The molecule has 1 unspecified atom stereocenters. The van der Waals surface area contributed by atoms with Crippen LogP contribution in [0.25, 0.3) is 12.2 Å². The van der Waals surface area contributed by atoms with Crippen molar-refractivity contribution in [3.63, 3.8) is 0 Å². The molecule has 2 aliphatic carbocycles. The highest BCUT2D eigenvalue weighted by Gasteiger charge is 2.44. The molecule has 0 bridgehead atoms. The van der Waals surface area contributed by atoms with Crippen LogP contribution < -0.4 is 20.7 Å². The maximum absolute atomic E-state index is 12.3. The first kappa shape index (κ1) is 23.3. The Morgan fingerprint density at radius 3 is 2.79 bits per heavy atom. The second-order valence-corrected chi connectivity index (χ2v) is 9.43. The number of Topliss-reactive ketones (excluding diaryl/α,β-unsaturated/α-hetero) is 1. The monoisotopic (exact) mass is 450 g/mol. The molecule has 1 aromatic carbocycles. The summed E-state index contributed by atoms with van der Waals surface area (Å²) in [6.45, 7) is 7.37. The molecule has 33 heavy (non-hydrogen) atoms. The number of nitrogens with zero attached hydrogens (tertiary/aromatic N) is 1. The lowest BCUT2D eigenvalue weighted by molar-refractivity contribution is -0.129. The van der Waals surface area contributed by atoms with Crippen LogP contribution in [0.2, 0.25) is 0 Å². The lowest BCUT2D eigenvalue weighted by Gasteiger charge is -2.31. The van der Waals surface area contributed by atoms with Crippen LogP contribution in [-0.2, 0) is 19.7 Å². The predicted octanol–water partition coefficient (Wildman–Crippen LogP) is 2.17. The molecule has 1 amide bonds. The number of ketones is 1. The number of benzene rings is 1. The summed E-state index contributed by atoms with van der Waals surface area (Å²) in [5, 5.41) is 15.6. The van der Waals surface area contributed by atoms with E-state index in [-0.39, 0.29) is 22.9 Å². The van der Waals surface area contributed by atoms with Gasteiger partial charge in [-0.2, -0.15) is 0 Å². The molecule has 0 saturated heterocycles. The fourth-order valence-corrected chi connectivity index (χ4v) is 5.02. The van der Waals surface area contributed by atoms with E-state index in [1.165, 1.54) is 16.0 Å². The number of fused-ring (bicyclic) bond motifs is 3. The van der Waals surface area contributed by atoms with Gasteiger partial charge in [0.2, 0.25) is 11.7 Å². The van der Waals surface area contributed by atoms with Crippen molar-refractivity contribution in [1.82, 2.24) is 5.32 Å². The van der Waals surface area contributed by atoms with Gasteiger partial charge in [-0.3, -0.25) is 9.59 Å². The largest absolute Gasteiger partial charge is 0.489 e. The van der Waals surface area contributed by atoms with Gasteiger partial charge >= 0.3 is 0 Å². The molecule has 0 aromatic heterocycles. The number of anilines is 1. The SMILES string of the molecule is CCCCOC1=C(/C=C2\N(CCC(=O)NC)c3ccc4c(c3C2(C)C)=CCCC=4)C(O)C1=O. The van der Waals surface area contributed by atoms with Crippen LogP contribution >= 0.6 is 0 Å². The molecular formula is C27H34N2O4. The van der Waals surface area contributed by atoms with Gasteiger partial charge in [-0.15, -0.1) is 0 Å². The highest BCUT2D eigenvalue weighted by atomic mass is 16.5. The summed E-state index contributed by atoms with van der Waals surface area (Å²) in [5.74, 6) is -0.119. The molecule has 6 heteroatoms. The average molecular weight is 451 g/mol. The number of aliphatic hydroxyl groups excluding tert-OH is 1. The topological polar surface area (TPSA) is 78.9 Å². The van der Waals surface area contributed by atoms with Crippen molar-refractivity contribution in [1.29, 1.82) is 0 Å². The number of allylic oxidation sites excluding steroid dienone is 1. The fraction of sp³-hybridized carbons (Fsp3) is 0.481. The van der Waals surface area contributed by atoms with E-state index in [4.69, 9.17) is 4.74 Å². The number of carbonyl (C=O) groups is 2. The normalized spacial score (nSPS) is 21.7. The fourth-order valence-electron chi connectivity index (χ4n) is 5.02. The minimum absolute atomic E-state index is 0.0277. The Bertz CT molecular complexity index is 1160. The van der Waals surface area contributed by atoms with Crippen LogP contribution in [0.1, 0.15) is 58.4 Å². The quantitative estimate of drug-likeness (QED) is 0.594. The van der Waals surface area contributed by atoms with Crippen molar-refractivity contribution in [2.24, 2.45) is 0 Å². The van der Waals surface area contributed by atoms with Crippen LogP contribution in [0.15, 0.2) is 35.2 Å². The Morgan fingerprint density at radius 1 is 1.30 bits per heavy atom. The van der Waals surface area contributed by atoms with Gasteiger partial charge in [-0.1, -0.05) is 45.4 Å². The number of unbranched alkanes of at least 4 members (excludes halogenated alkanes) is 1. The molecule has 0 spiro atoms. The maximum atomic E-state index is 12.3. The van der Waals surface area contributed by atoms with Gasteiger partial charge in [0.1, 0.15) is 6.10 Å². The third kappa shape index (κ3) is 4.01. The van der Waals surface area contributed by atoms with Crippen molar-refractivity contribution in [3.05, 3.63) is 51.2 Å². The number of rotatable bonds is 8. The molecular weight excluding hydrogens is 416 g/mol. The van der Waals surface area contributed by atoms with Crippen molar-refractivity contribution in [3.8, 4) is 0 Å². The number of nitrogens with one attached hydrogen (secondary N) is 1. The highest BCUT2D eigenvalue weighted by molar-refractivity contribution is 6.08. The maximum Gasteiger partial charge on any atom is 0.230 e. The number of hydrogen-bond donors (Lipinski definition) is 2. The predicted molar refractivity (Wildman–Crippen MR) is 130 cm³/mol. The molecule has 1 aromatic rings. The highest BCUT2D eigenvalue weighted by Crippen LogP contribution is 2.47. The lowest BCUT2D eigenvalue weighted by Crippen LogP contribution is -2.39. The summed E-state index contributed by atoms with van der Waals surface area (Å²) in [7, 11) is 1.64. The molecule has 4 rings (SSSR count). The molecule has 0 fully saturated rings. The smallest absolute Gasteiger partial charge is 0.230 e. The van der Waals surface area contributed by atoms with E-state index in [2.05, 4.69) is 55.3 Å². The number of amides is 1. The Kier molecular flexibility index (Phi) is 6.48. The molecule has 0 saturated carbocycles.